The molecular formula is C50H90O4. The minimum absolute atomic E-state index is 0.282. The molecule has 0 heterocycles. The summed E-state index contributed by atoms with van der Waals surface area (Å²) in [5.74, 6) is 1.18. The summed E-state index contributed by atoms with van der Waals surface area (Å²) < 4.78 is 17.1. The molecule has 0 saturated carbocycles. The minimum Gasteiger partial charge on any atom is -0.493 e. The van der Waals surface area contributed by atoms with E-state index in [0.717, 1.165) is 30.6 Å². The number of esters is 1. The quantitative estimate of drug-likeness (QED) is 0.0379. The number of benzene rings is 1. The fourth-order valence-corrected chi connectivity index (χ4v) is 7.48. The molecule has 0 spiro atoms. The molecule has 0 aliphatic heterocycles. The first kappa shape index (κ1) is 50.0. The molecular weight excluding hydrogens is 665 g/mol. The largest absolute Gasteiger partial charge is 0.493 e. The van der Waals surface area contributed by atoms with Crippen LogP contribution in [0.25, 0.3) is 6.08 Å². The maximum atomic E-state index is 12.3. The molecule has 4 heteroatoms. The summed E-state index contributed by atoms with van der Waals surface area (Å²) in [5, 5.41) is 0. The van der Waals surface area contributed by atoms with Gasteiger partial charge in [0.05, 0.1) is 20.3 Å². The Kier molecular flexibility index (Phi) is 37.7. The van der Waals surface area contributed by atoms with Gasteiger partial charge in [-0.2, -0.15) is 0 Å². The van der Waals surface area contributed by atoms with Crippen LogP contribution in [0.5, 0.6) is 11.5 Å². The molecule has 0 saturated heterocycles. The van der Waals surface area contributed by atoms with E-state index in [-0.39, 0.29) is 5.97 Å². The van der Waals surface area contributed by atoms with Gasteiger partial charge in [-0.05, 0) is 36.6 Å². The van der Waals surface area contributed by atoms with E-state index < -0.39 is 0 Å². The number of carbonyl (C=O) groups excluding carboxylic acids is 1. The van der Waals surface area contributed by atoms with Crippen molar-refractivity contribution < 1.29 is 19.0 Å². The smallest absolute Gasteiger partial charge is 0.330 e. The average Bonchev–Trinajstić information content (AvgIpc) is 3.19. The van der Waals surface area contributed by atoms with Crippen LogP contribution >= 0.6 is 0 Å². The number of hydrogen-bond acceptors (Lipinski definition) is 4. The lowest BCUT2D eigenvalue weighted by Crippen LogP contribution is -2.02. The maximum absolute atomic E-state index is 12.3. The summed E-state index contributed by atoms with van der Waals surface area (Å²) in [5.41, 5.74) is 0.900. The van der Waals surface area contributed by atoms with Crippen molar-refractivity contribution in [1.82, 2.24) is 0 Å². The molecule has 0 unspecified atom stereocenters. The predicted octanol–water partition coefficient (Wildman–Crippen LogP) is 16.7. The van der Waals surface area contributed by atoms with E-state index >= 15 is 0 Å². The fraction of sp³-hybridized carbons (Fsp3) is 0.820. The molecule has 0 N–H and O–H groups in total. The van der Waals surface area contributed by atoms with Gasteiger partial charge in [0.25, 0.3) is 0 Å². The number of carbonyl (C=O) groups is 1. The second-order valence-electron chi connectivity index (χ2n) is 16.3. The van der Waals surface area contributed by atoms with Crippen molar-refractivity contribution in [2.75, 3.05) is 20.3 Å². The molecule has 4 nitrogen and oxygen atoms in total. The second-order valence-corrected chi connectivity index (χ2v) is 16.3. The number of ether oxygens (including phenoxy) is 3. The Morgan fingerprint density at radius 2 is 0.778 bits per heavy atom. The van der Waals surface area contributed by atoms with Gasteiger partial charge in [-0.1, -0.05) is 238 Å². The highest BCUT2D eigenvalue weighted by Gasteiger charge is 2.06. The van der Waals surface area contributed by atoms with E-state index in [4.69, 9.17) is 14.2 Å². The molecule has 0 aliphatic rings. The van der Waals surface area contributed by atoms with E-state index in [1.165, 1.54) is 218 Å². The first-order chi connectivity index (χ1) is 26.7. The zero-order valence-corrected chi connectivity index (χ0v) is 36.4. The van der Waals surface area contributed by atoms with Crippen LogP contribution in [0.1, 0.15) is 251 Å². The van der Waals surface area contributed by atoms with Crippen LogP contribution in [0.3, 0.4) is 0 Å². The summed E-state index contributed by atoms with van der Waals surface area (Å²) in [6.45, 7) is 5.79. The highest BCUT2D eigenvalue weighted by Crippen LogP contribution is 2.29. The van der Waals surface area contributed by atoms with E-state index in [0.29, 0.717) is 19.0 Å². The van der Waals surface area contributed by atoms with Gasteiger partial charge in [0.1, 0.15) is 0 Å². The molecule has 314 valence electrons. The van der Waals surface area contributed by atoms with Crippen LogP contribution in [0.2, 0.25) is 0 Å². The number of unbranched alkanes of at least 4 members (excludes halogenated alkanes) is 34. The van der Waals surface area contributed by atoms with Crippen LogP contribution in [-0.4, -0.2) is 26.3 Å². The minimum atomic E-state index is -0.282. The van der Waals surface area contributed by atoms with Crippen molar-refractivity contribution >= 4 is 12.0 Å². The third-order valence-electron chi connectivity index (χ3n) is 11.1. The Morgan fingerprint density at radius 3 is 1.13 bits per heavy atom. The van der Waals surface area contributed by atoms with E-state index in [1.54, 1.807) is 13.2 Å². The summed E-state index contributed by atoms with van der Waals surface area (Å²) >= 11 is 0. The van der Waals surface area contributed by atoms with Gasteiger partial charge >= 0.3 is 5.97 Å². The molecule has 0 fully saturated rings. The molecule has 0 atom stereocenters. The van der Waals surface area contributed by atoms with Crippen molar-refractivity contribution in [3.05, 3.63) is 29.8 Å². The van der Waals surface area contributed by atoms with Crippen LogP contribution in [-0.2, 0) is 9.53 Å². The maximum Gasteiger partial charge on any atom is 0.330 e. The fourth-order valence-electron chi connectivity index (χ4n) is 7.48. The topological polar surface area (TPSA) is 44.8 Å². The number of rotatable bonds is 42. The van der Waals surface area contributed by atoms with Gasteiger partial charge in [-0.25, -0.2) is 4.79 Å². The normalized spacial score (nSPS) is 11.5. The first-order valence-corrected chi connectivity index (χ1v) is 23.9. The monoisotopic (exact) mass is 755 g/mol. The Morgan fingerprint density at radius 1 is 0.444 bits per heavy atom. The summed E-state index contributed by atoms with van der Waals surface area (Å²) in [7, 11) is 1.67. The highest BCUT2D eigenvalue weighted by molar-refractivity contribution is 5.87. The molecule has 0 bridgehead atoms. The molecule has 1 aromatic rings. The van der Waals surface area contributed by atoms with Gasteiger partial charge < -0.3 is 14.2 Å². The van der Waals surface area contributed by atoms with Crippen molar-refractivity contribution in [2.45, 2.75) is 245 Å². The standard InChI is InChI=1S/C50H90O4/c1-4-6-8-10-12-14-16-18-20-22-24-26-28-30-32-34-36-38-44-53-48-42-40-47(46-49(48)52-3)41-43-50(51)54-45-39-37-35-33-31-29-27-25-23-21-19-17-15-13-11-9-7-5-2/h40-43,46H,4-39,44-45H2,1-3H3. The van der Waals surface area contributed by atoms with Crippen molar-refractivity contribution in [3.63, 3.8) is 0 Å². The van der Waals surface area contributed by atoms with Gasteiger partial charge in [-0.3, -0.25) is 0 Å². The third-order valence-corrected chi connectivity index (χ3v) is 11.1. The Labute approximate surface area is 336 Å². The summed E-state index contributed by atoms with van der Waals surface area (Å²) in [6.07, 6.45) is 52.5. The Balaban J connectivity index is 1.96. The first-order valence-electron chi connectivity index (χ1n) is 23.9. The van der Waals surface area contributed by atoms with Gasteiger partial charge in [0, 0.05) is 6.08 Å². The number of methoxy groups -OCH3 is 1. The number of hydrogen-bond donors (Lipinski definition) is 0. The molecule has 0 aromatic heterocycles. The van der Waals surface area contributed by atoms with Crippen LogP contribution in [0.4, 0.5) is 0 Å². The lowest BCUT2D eigenvalue weighted by atomic mass is 10.0. The summed E-state index contributed by atoms with van der Waals surface area (Å²) in [4.78, 5) is 12.3. The predicted molar refractivity (Wildman–Crippen MR) is 236 cm³/mol. The average molecular weight is 755 g/mol. The van der Waals surface area contributed by atoms with Crippen molar-refractivity contribution in [1.29, 1.82) is 0 Å². The van der Waals surface area contributed by atoms with Gasteiger partial charge in [0.15, 0.2) is 11.5 Å². The third kappa shape index (κ3) is 33.4. The van der Waals surface area contributed by atoms with Crippen LogP contribution in [0.15, 0.2) is 24.3 Å². The second kappa shape index (κ2) is 40.7. The highest BCUT2D eigenvalue weighted by atomic mass is 16.5. The van der Waals surface area contributed by atoms with E-state index in [9.17, 15) is 4.79 Å². The molecule has 0 radical (unpaired) electrons. The molecule has 1 rings (SSSR count). The van der Waals surface area contributed by atoms with Gasteiger partial charge in [0.2, 0.25) is 0 Å². The lowest BCUT2D eigenvalue weighted by molar-refractivity contribution is -0.137. The van der Waals surface area contributed by atoms with Crippen LogP contribution in [0, 0.1) is 0 Å². The Hall–Kier alpha value is -1.97. The van der Waals surface area contributed by atoms with Crippen LogP contribution < -0.4 is 9.47 Å². The lowest BCUT2D eigenvalue weighted by Gasteiger charge is -2.11. The van der Waals surface area contributed by atoms with Gasteiger partial charge in [-0.15, -0.1) is 0 Å². The Bertz CT molecular complexity index is 956. The molecule has 0 amide bonds. The molecule has 1 aromatic carbocycles. The summed E-state index contributed by atoms with van der Waals surface area (Å²) in [6, 6.07) is 5.83. The molecule has 0 aliphatic carbocycles. The SMILES string of the molecule is CCCCCCCCCCCCCCCCCCCCOC(=O)C=Cc1ccc(OCCCCCCCCCCCCCCCCCCCC)c(OC)c1. The van der Waals surface area contributed by atoms with Crippen molar-refractivity contribution in [3.8, 4) is 11.5 Å². The van der Waals surface area contributed by atoms with E-state index in [2.05, 4.69) is 13.8 Å². The zero-order chi connectivity index (χ0) is 38.8. The van der Waals surface area contributed by atoms with Crippen molar-refractivity contribution in [2.24, 2.45) is 0 Å². The van der Waals surface area contributed by atoms with E-state index in [1.807, 2.05) is 18.2 Å². The molecule has 54 heavy (non-hydrogen) atoms. The zero-order valence-electron chi connectivity index (χ0n) is 36.4.